The summed E-state index contributed by atoms with van der Waals surface area (Å²) in [5.41, 5.74) is 2.32. The van der Waals surface area contributed by atoms with Crippen LogP contribution in [0.2, 0.25) is 0 Å². The normalized spacial score (nSPS) is 10.6. The number of aromatic nitrogens is 2. The molecule has 4 nitrogen and oxygen atoms in total. The third kappa shape index (κ3) is 3.44. The van der Waals surface area contributed by atoms with Gasteiger partial charge in [-0.05, 0) is 24.5 Å². The Morgan fingerprint density at radius 1 is 1.26 bits per heavy atom. The summed E-state index contributed by atoms with van der Waals surface area (Å²) in [5.74, 6) is -0.914. The largest absolute Gasteiger partial charge is 0.477 e. The summed E-state index contributed by atoms with van der Waals surface area (Å²) >= 11 is 0. The number of carbonyl (C=O) groups is 1. The van der Waals surface area contributed by atoms with Crippen LogP contribution < -0.4 is 0 Å². The van der Waals surface area contributed by atoms with Gasteiger partial charge in [0.1, 0.15) is 5.69 Å². The van der Waals surface area contributed by atoms with E-state index in [2.05, 4.69) is 12.0 Å². The van der Waals surface area contributed by atoms with E-state index in [1.165, 1.54) is 5.56 Å². The molecule has 0 aliphatic heterocycles. The third-order valence-electron chi connectivity index (χ3n) is 3.01. The van der Waals surface area contributed by atoms with Crippen molar-refractivity contribution < 1.29 is 9.90 Å². The summed E-state index contributed by atoms with van der Waals surface area (Å²) < 4.78 is 1.60. The van der Waals surface area contributed by atoms with E-state index in [1.807, 2.05) is 30.3 Å². The van der Waals surface area contributed by atoms with Crippen LogP contribution in [-0.4, -0.2) is 20.9 Å². The average Bonchev–Trinajstić information content (AvgIpc) is 2.81. The van der Waals surface area contributed by atoms with Gasteiger partial charge < -0.3 is 5.11 Å². The molecule has 0 saturated heterocycles. The van der Waals surface area contributed by atoms with Gasteiger partial charge in [-0.25, -0.2) is 4.79 Å². The molecule has 19 heavy (non-hydrogen) atoms. The second kappa shape index (κ2) is 6.18. The lowest BCUT2D eigenvalue weighted by Crippen LogP contribution is -2.11. The third-order valence-corrected chi connectivity index (χ3v) is 3.01. The minimum atomic E-state index is -0.914. The maximum absolute atomic E-state index is 11.2. The number of hydrogen-bond acceptors (Lipinski definition) is 2. The van der Waals surface area contributed by atoms with E-state index >= 15 is 0 Å². The molecule has 0 atom stereocenters. The minimum absolute atomic E-state index is 0.277. The van der Waals surface area contributed by atoms with E-state index in [0.29, 0.717) is 6.54 Å². The molecule has 0 radical (unpaired) electrons. The molecule has 1 N–H and O–H groups in total. The highest BCUT2D eigenvalue weighted by atomic mass is 16.4. The molecule has 2 rings (SSSR count). The Balaban J connectivity index is 2.12. The monoisotopic (exact) mass is 258 g/mol. The zero-order chi connectivity index (χ0) is 13.7. The van der Waals surface area contributed by atoms with Crippen molar-refractivity contribution in [1.82, 2.24) is 9.78 Å². The first kappa shape index (κ1) is 13.3. The molecular weight excluding hydrogens is 240 g/mol. The highest BCUT2D eigenvalue weighted by molar-refractivity contribution is 5.85. The van der Waals surface area contributed by atoms with Crippen molar-refractivity contribution in [1.29, 1.82) is 0 Å². The molecule has 1 heterocycles. The standard InChI is InChI=1S/C15H18N2O2/c1-2-6-13-11-14(15(18)19)17(16-13)10-9-12-7-4-3-5-8-12/h3-5,7-8,11H,2,6,9-10H2,1H3,(H,18,19). The topological polar surface area (TPSA) is 55.1 Å². The van der Waals surface area contributed by atoms with Crippen molar-refractivity contribution in [2.45, 2.75) is 32.7 Å². The van der Waals surface area contributed by atoms with Gasteiger partial charge in [-0.2, -0.15) is 5.10 Å². The zero-order valence-electron chi connectivity index (χ0n) is 11.0. The van der Waals surface area contributed by atoms with Gasteiger partial charge in [-0.3, -0.25) is 4.68 Å². The maximum Gasteiger partial charge on any atom is 0.354 e. The van der Waals surface area contributed by atoms with Crippen LogP contribution in [0.1, 0.15) is 35.1 Å². The van der Waals surface area contributed by atoms with E-state index in [4.69, 9.17) is 0 Å². The Labute approximate surface area is 112 Å². The van der Waals surface area contributed by atoms with Crippen LogP contribution in [0.5, 0.6) is 0 Å². The molecule has 0 spiro atoms. The van der Waals surface area contributed by atoms with E-state index in [9.17, 15) is 9.90 Å². The number of carboxylic acid groups (broad SMARTS) is 1. The number of rotatable bonds is 6. The quantitative estimate of drug-likeness (QED) is 0.866. The van der Waals surface area contributed by atoms with Gasteiger partial charge >= 0.3 is 5.97 Å². The van der Waals surface area contributed by atoms with Gasteiger partial charge in [-0.15, -0.1) is 0 Å². The molecule has 1 aromatic heterocycles. The van der Waals surface area contributed by atoms with E-state index in [1.54, 1.807) is 10.7 Å². The lowest BCUT2D eigenvalue weighted by Gasteiger charge is -2.04. The second-order valence-electron chi connectivity index (χ2n) is 4.53. The van der Waals surface area contributed by atoms with Gasteiger partial charge in [0, 0.05) is 6.54 Å². The number of carboxylic acids is 1. The molecule has 0 fully saturated rings. The maximum atomic E-state index is 11.2. The highest BCUT2D eigenvalue weighted by Gasteiger charge is 2.13. The Morgan fingerprint density at radius 2 is 2.00 bits per heavy atom. The second-order valence-corrected chi connectivity index (χ2v) is 4.53. The van der Waals surface area contributed by atoms with Gasteiger partial charge in [-0.1, -0.05) is 43.7 Å². The summed E-state index contributed by atoms with van der Waals surface area (Å²) in [6, 6.07) is 11.7. The molecule has 1 aromatic carbocycles. The van der Waals surface area contributed by atoms with Crippen LogP contribution in [-0.2, 0) is 19.4 Å². The average molecular weight is 258 g/mol. The highest BCUT2D eigenvalue weighted by Crippen LogP contribution is 2.09. The number of nitrogens with zero attached hydrogens (tertiary/aromatic N) is 2. The molecule has 0 unspecified atom stereocenters. The van der Waals surface area contributed by atoms with Gasteiger partial charge in [0.25, 0.3) is 0 Å². The minimum Gasteiger partial charge on any atom is -0.477 e. The van der Waals surface area contributed by atoms with Crippen LogP contribution >= 0.6 is 0 Å². The smallest absolute Gasteiger partial charge is 0.354 e. The van der Waals surface area contributed by atoms with Crippen molar-refractivity contribution in [2.75, 3.05) is 0 Å². The van der Waals surface area contributed by atoms with Gasteiger partial charge in [0.2, 0.25) is 0 Å². The molecule has 0 aliphatic carbocycles. The predicted molar refractivity (Wildman–Crippen MR) is 73.3 cm³/mol. The van der Waals surface area contributed by atoms with E-state index < -0.39 is 5.97 Å². The van der Waals surface area contributed by atoms with Gasteiger partial charge in [0.05, 0.1) is 5.69 Å². The number of hydrogen-bond donors (Lipinski definition) is 1. The fourth-order valence-electron chi connectivity index (χ4n) is 2.07. The molecule has 0 amide bonds. The Bertz CT molecular complexity index is 547. The Morgan fingerprint density at radius 3 is 2.63 bits per heavy atom. The molecule has 0 saturated carbocycles. The fourth-order valence-corrected chi connectivity index (χ4v) is 2.07. The number of aryl methyl sites for hydroxylation is 3. The van der Waals surface area contributed by atoms with Crippen LogP contribution in [0.25, 0.3) is 0 Å². The number of benzene rings is 1. The summed E-state index contributed by atoms with van der Waals surface area (Å²) in [5, 5.41) is 13.6. The lowest BCUT2D eigenvalue weighted by atomic mass is 10.1. The van der Waals surface area contributed by atoms with Crippen LogP contribution in [0.4, 0.5) is 0 Å². The van der Waals surface area contributed by atoms with Crippen molar-refractivity contribution in [3.05, 3.63) is 53.3 Å². The summed E-state index contributed by atoms with van der Waals surface area (Å²) in [6.07, 6.45) is 2.57. The number of aromatic carboxylic acids is 1. The van der Waals surface area contributed by atoms with Crippen molar-refractivity contribution in [2.24, 2.45) is 0 Å². The van der Waals surface area contributed by atoms with Crippen LogP contribution in [0.3, 0.4) is 0 Å². The zero-order valence-corrected chi connectivity index (χ0v) is 11.0. The Kier molecular flexibility index (Phi) is 4.34. The van der Waals surface area contributed by atoms with Crippen LogP contribution in [0, 0.1) is 0 Å². The van der Waals surface area contributed by atoms with E-state index in [-0.39, 0.29) is 5.69 Å². The first-order valence-corrected chi connectivity index (χ1v) is 6.54. The Hall–Kier alpha value is -2.10. The molecule has 2 aromatic rings. The molecular formula is C15H18N2O2. The molecule has 100 valence electrons. The summed E-state index contributed by atoms with van der Waals surface area (Å²) in [6.45, 7) is 2.65. The molecule has 4 heteroatoms. The first-order chi connectivity index (χ1) is 9.20. The van der Waals surface area contributed by atoms with E-state index in [0.717, 1.165) is 25.0 Å². The summed E-state index contributed by atoms with van der Waals surface area (Å²) in [7, 11) is 0. The van der Waals surface area contributed by atoms with Crippen LogP contribution in [0.15, 0.2) is 36.4 Å². The molecule has 0 bridgehead atoms. The SMILES string of the molecule is CCCc1cc(C(=O)O)n(CCc2ccccc2)n1. The molecule has 0 aliphatic rings. The lowest BCUT2D eigenvalue weighted by molar-refractivity contribution is 0.0683. The fraction of sp³-hybridized carbons (Fsp3) is 0.333. The summed E-state index contributed by atoms with van der Waals surface area (Å²) in [4.78, 5) is 11.2. The first-order valence-electron chi connectivity index (χ1n) is 6.54. The van der Waals surface area contributed by atoms with Crippen molar-refractivity contribution in [3.63, 3.8) is 0 Å². The van der Waals surface area contributed by atoms with Crippen molar-refractivity contribution in [3.8, 4) is 0 Å². The van der Waals surface area contributed by atoms with Gasteiger partial charge in [0.15, 0.2) is 0 Å². The predicted octanol–water partition coefficient (Wildman–Crippen LogP) is 2.78. The van der Waals surface area contributed by atoms with Crippen molar-refractivity contribution >= 4 is 5.97 Å².